The number of ether oxygens (including phenoxy) is 1. The topological polar surface area (TPSA) is 84.6 Å². The van der Waals surface area contributed by atoms with Gasteiger partial charge in [0.2, 0.25) is 0 Å². The van der Waals surface area contributed by atoms with Gasteiger partial charge in [0, 0.05) is 18.5 Å². The Hall–Kier alpha value is -1.73. The molecule has 4 N–H and O–H groups in total. The van der Waals surface area contributed by atoms with Crippen molar-refractivity contribution >= 4 is 40.6 Å². The molecule has 0 saturated heterocycles. The minimum absolute atomic E-state index is 0.0781. The van der Waals surface area contributed by atoms with Crippen molar-refractivity contribution in [1.29, 1.82) is 0 Å². The summed E-state index contributed by atoms with van der Waals surface area (Å²) in [6.07, 6.45) is 3.80. The van der Waals surface area contributed by atoms with Gasteiger partial charge in [0.25, 0.3) is 10.3 Å². The molecular weight excluding hydrogens is 332 g/mol. The Kier molecular flexibility index (Phi) is 12.9. The van der Waals surface area contributed by atoms with Crippen LogP contribution in [-0.4, -0.2) is 34.4 Å². The third-order valence-corrected chi connectivity index (χ3v) is 2.97. The normalized spacial score (nSPS) is 9.26. The molecule has 0 aliphatic heterocycles. The predicted octanol–water partition coefficient (Wildman–Crippen LogP) is 3.13. The van der Waals surface area contributed by atoms with E-state index in [9.17, 15) is 4.79 Å². The molecule has 0 heterocycles. The SMILES string of the molecule is CCCCCNC(=S)OCCC(=O)c1ccccc1.NC(O)=S. The first-order valence-electron chi connectivity index (χ1n) is 7.44. The number of thiocarbonyl (C=S) groups is 2. The molecule has 1 aromatic carbocycles. The zero-order chi connectivity index (χ0) is 17.5. The van der Waals surface area contributed by atoms with Gasteiger partial charge in [-0.25, -0.2) is 0 Å². The van der Waals surface area contributed by atoms with E-state index in [2.05, 4.69) is 30.2 Å². The van der Waals surface area contributed by atoms with Crippen molar-refractivity contribution in [2.24, 2.45) is 5.73 Å². The van der Waals surface area contributed by atoms with Crippen molar-refractivity contribution in [3.05, 3.63) is 35.9 Å². The van der Waals surface area contributed by atoms with Crippen LogP contribution in [-0.2, 0) is 4.74 Å². The number of carbonyl (C=O) groups excluding carboxylic acids is 1. The van der Waals surface area contributed by atoms with E-state index in [0.717, 1.165) is 13.0 Å². The highest BCUT2D eigenvalue weighted by Gasteiger charge is 2.05. The molecule has 0 unspecified atom stereocenters. The number of carbonyl (C=O) groups is 1. The monoisotopic (exact) mass is 356 g/mol. The van der Waals surface area contributed by atoms with E-state index in [-0.39, 0.29) is 5.78 Å². The zero-order valence-corrected chi connectivity index (χ0v) is 14.9. The molecule has 0 amide bonds. The third kappa shape index (κ3) is 13.6. The quantitative estimate of drug-likeness (QED) is 0.375. The fourth-order valence-corrected chi connectivity index (χ4v) is 1.81. The van der Waals surface area contributed by atoms with Gasteiger partial charge in [-0.1, -0.05) is 50.1 Å². The maximum atomic E-state index is 11.8. The van der Waals surface area contributed by atoms with Crippen molar-refractivity contribution < 1.29 is 14.6 Å². The molecule has 1 rings (SSSR count). The number of benzene rings is 1. The molecule has 0 spiro atoms. The van der Waals surface area contributed by atoms with E-state index in [0.29, 0.717) is 23.8 Å². The number of hydrogen-bond acceptors (Lipinski definition) is 4. The first-order valence-corrected chi connectivity index (χ1v) is 8.26. The smallest absolute Gasteiger partial charge is 0.256 e. The number of aliphatic hydroxyl groups is 1. The highest BCUT2D eigenvalue weighted by molar-refractivity contribution is 7.80. The highest BCUT2D eigenvalue weighted by Crippen LogP contribution is 2.03. The van der Waals surface area contributed by atoms with Crippen LogP contribution in [0.25, 0.3) is 0 Å². The summed E-state index contributed by atoms with van der Waals surface area (Å²) in [7, 11) is 0. The number of Topliss-reactive ketones (excluding diaryl/α,β-unsaturated/α-hetero) is 1. The average Bonchev–Trinajstić information content (AvgIpc) is 2.52. The average molecular weight is 357 g/mol. The van der Waals surface area contributed by atoms with Crippen LogP contribution < -0.4 is 11.1 Å². The molecule has 1 aromatic rings. The molecule has 23 heavy (non-hydrogen) atoms. The van der Waals surface area contributed by atoms with E-state index in [1.807, 2.05) is 30.3 Å². The molecule has 7 heteroatoms. The lowest BCUT2D eigenvalue weighted by molar-refractivity contribution is 0.0959. The summed E-state index contributed by atoms with van der Waals surface area (Å²) in [5.41, 5.74) is 5.11. The number of hydrogen-bond donors (Lipinski definition) is 3. The number of nitrogens with one attached hydrogen (secondary N) is 1. The summed E-state index contributed by atoms with van der Waals surface area (Å²) in [6.45, 7) is 3.32. The summed E-state index contributed by atoms with van der Waals surface area (Å²) >= 11 is 8.90. The molecule has 0 radical (unpaired) electrons. The van der Waals surface area contributed by atoms with Gasteiger partial charge in [0.1, 0.15) is 0 Å². The number of rotatable bonds is 8. The summed E-state index contributed by atoms with van der Waals surface area (Å²) in [6, 6.07) is 9.22. The lowest BCUT2D eigenvalue weighted by Crippen LogP contribution is -2.25. The number of nitrogens with two attached hydrogens (primary N) is 1. The summed E-state index contributed by atoms with van der Waals surface area (Å²) in [4.78, 5) is 11.8. The fraction of sp³-hybridized carbons (Fsp3) is 0.438. The molecule has 0 aliphatic rings. The largest absolute Gasteiger partial charge is 0.487 e. The molecular formula is C16H24N2O3S2. The second-order valence-corrected chi connectivity index (χ2v) is 5.44. The van der Waals surface area contributed by atoms with E-state index in [1.165, 1.54) is 12.8 Å². The third-order valence-electron chi connectivity index (χ3n) is 2.71. The summed E-state index contributed by atoms with van der Waals surface area (Å²) in [5, 5.41) is 10.5. The molecule has 0 aliphatic carbocycles. The molecule has 5 nitrogen and oxygen atoms in total. The van der Waals surface area contributed by atoms with Crippen LogP contribution in [0.1, 0.15) is 43.0 Å². The Bertz CT molecular complexity index is 477. The Morgan fingerprint density at radius 3 is 2.43 bits per heavy atom. The van der Waals surface area contributed by atoms with Crippen LogP contribution in [0, 0.1) is 0 Å². The van der Waals surface area contributed by atoms with Gasteiger partial charge in [0.15, 0.2) is 5.78 Å². The van der Waals surface area contributed by atoms with Gasteiger partial charge < -0.3 is 20.9 Å². The van der Waals surface area contributed by atoms with Crippen molar-refractivity contribution in [2.75, 3.05) is 13.2 Å². The van der Waals surface area contributed by atoms with Crippen LogP contribution in [0.15, 0.2) is 30.3 Å². The van der Waals surface area contributed by atoms with Crippen LogP contribution in [0.4, 0.5) is 0 Å². The Labute approximate surface area is 148 Å². The summed E-state index contributed by atoms with van der Waals surface area (Å²) < 4.78 is 5.31. The zero-order valence-electron chi connectivity index (χ0n) is 13.3. The molecule has 0 bridgehead atoms. The number of ketones is 1. The lowest BCUT2D eigenvalue weighted by atomic mass is 10.1. The molecule has 0 atom stereocenters. The van der Waals surface area contributed by atoms with E-state index >= 15 is 0 Å². The van der Waals surface area contributed by atoms with E-state index < -0.39 is 5.17 Å². The van der Waals surface area contributed by atoms with Crippen molar-refractivity contribution in [3.63, 3.8) is 0 Å². The predicted molar refractivity (Wildman–Crippen MR) is 101 cm³/mol. The van der Waals surface area contributed by atoms with Gasteiger partial charge in [-0.15, -0.1) is 0 Å². The van der Waals surface area contributed by atoms with Crippen LogP contribution >= 0.6 is 24.4 Å². The van der Waals surface area contributed by atoms with Crippen molar-refractivity contribution in [1.82, 2.24) is 5.32 Å². The Balaban J connectivity index is 0.00000108. The first kappa shape index (κ1) is 21.3. The van der Waals surface area contributed by atoms with Crippen molar-refractivity contribution in [3.8, 4) is 0 Å². The lowest BCUT2D eigenvalue weighted by Gasteiger charge is -2.09. The maximum Gasteiger partial charge on any atom is 0.256 e. The van der Waals surface area contributed by atoms with Gasteiger partial charge >= 0.3 is 0 Å². The van der Waals surface area contributed by atoms with Crippen LogP contribution in [0.5, 0.6) is 0 Å². The first-order chi connectivity index (χ1) is 11.0. The maximum absolute atomic E-state index is 11.8. The van der Waals surface area contributed by atoms with Gasteiger partial charge in [-0.2, -0.15) is 0 Å². The van der Waals surface area contributed by atoms with Crippen molar-refractivity contribution in [2.45, 2.75) is 32.6 Å². The second-order valence-electron chi connectivity index (χ2n) is 4.65. The van der Waals surface area contributed by atoms with Crippen LogP contribution in [0.2, 0.25) is 0 Å². The fourth-order valence-electron chi connectivity index (χ4n) is 1.62. The molecule has 0 saturated carbocycles. The second kappa shape index (κ2) is 13.9. The minimum Gasteiger partial charge on any atom is -0.487 e. The Morgan fingerprint density at radius 1 is 1.26 bits per heavy atom. The number of unbranched alkanes of at least 4 members (excludes halogenated alkanes) is 2. The van der Waals surface area contributed by atoms with Gasteiger partial charge in [0.05, 0.1) is 6.61 Å². The Morgan fingerprint density at radius 2 is 1.87 bits per heavy atom. The molecule has 0 fully saturated rings. The standard InChI is InChI=1S/C15H21NO2S.CH3NOS/c1-2-3-7-11-16-15(19)18-12-10-14(17)13-8-5-4-6-9-13;2-1(3)4/h4-6,8-9H,2-3,7,10-12H2,1H3,(H,16,19);(H3,2,3,4). The summed E-state index contributed by atoms with van der Waals surface area (Å²) in [5.74, 6) is 0.0781. The molecule has 128 valence electrons. The number of aliphatic hydroxyl groups excluding tert-OH is 1. The van der Waals surface area contributed by atoms with Crippen LogP contribution in [0.3, 0.4) is 0 Å². The van der Waals surface area contributed by atoms with E-state index in [4.69, 9.17) is 22.1 Å². The van der Waals surface area contributed by atoms with E-state index in [1.54, 1.807) is 0 Å². The van der Waals surface area contributed by atoms with Gasteiger partial charge in [-0.05, 0) is 30.9 Å². The highest BCUT2D eigenvalue weighted by atomic mass is 32.1. The molecule has 0 aromatic heterocycles. The van der Waals surface area contributed by atoms with Gasteiger partial charge in [-0.3, -0.25) is 4.79 Å². The minimum atomic E-state index is -0.500.